The molecule has 2 heterocycles. The number of aromatic nitrogens is 2. The van der Waals surface area contributed by atoms with Crippen molar-refractivity contribution in [3.05, 3.63) is 36.0 Å². The fourth-order valence-corrected chi connectivity index (χ4v) is 3.98. The van der Waals surface area contributed by atoms with Crippen molar-refractivity contribution in [1.82, 2.24) is 18.9 Å². The smallest absolute Gasteiger partial charge is 0.328 e. The summed E-state index contributed by atoms with van der Waals surface area (Å²) in [4.78, 5) is 30.0. The van der Waals surface area contributed by atoms with E-state index in [-0.39, 0.29) is 18.0 Å². The molecule has 3 aromatic rings. The molecule has 6 nitrogen and oxygen atoms in total. The normalized spacial score (nSPS) is 11.6. The summed E-state index contributed by atoms with van der Waals surface area (Å²) in [5.74, 6) is -0.0910. The van der Waals surface area contributed by atoms with E-state index >= 15 is 0 Å². The van der Waals surface area contributed by atoms with Gasteiger partial charge in [0.15, 0.2) is 0 Å². The lowest BCUT2D eigenvalue weighted by molar-refractivity contribution is 0.0752. The molecule has 0 saturated heterocycles. The number of nitrogens with zero attached hydrogens (tertiary/aromatic N) is 4. The molecule has 3 rings (SSSR count). The summed E-state index contributed by atoms with van der Waals surface area (Å²) < 4.78 is 3.82. The van der Waals surface area contributed by atoms with Crippen LogP contribution >= 0.6 is 0 Å². The number of fused-ring (bicyclic) bond motifs is 3. The van der Waals surface area contributed by atoms with E-state index in [1.165, 1.54) is 4.90 Å². The van der Waals surface area contributed by atoms with Crippen molar-refractivity contribution in [3.63, 3.8) is 0 Å². The van der Waals surface area contributed by atoms with Gasteiger partial charge in [-0.05, 0) is 39.3 Å². The van der Waals surface area contributed by atoms with Crippen molar-refractivity contribution in [2.24, 2.45) is 0 Å². The van der Waals surface area contributed by atoms with Crippen molar-refractivity contribution >= 4 is 33.9 Å². The molecule has 0 saturated carbocycles. The quantitative estimate of drug-likeness (QED) is 0.591. The summed E-state index contributed by atoms with van der Waals surface area (Å²) in [6.45, 7) is 9.66. The predicted molar refractivity (Wildman–Crippen MR) is 119 cm³/mol. The van der Waals surface area contributed by atoms with E-state index in [4.69, 9.17) is 0 Å². The van der Waals surface area contributed by atoms with Crippen molar-refractivity contribution in [2.75, 3.05) is 27.2 Å². The summed E-state index contributed by atoms with van der Waals surface area (Å²) in [5.41, 5.74) is 3.24. The van der Waals surface area contributed by atoms with Gasteiger partial charge in [-0.1, -0.05) is 31.5 Å². The zero-order valence-corrected chi connectivity index (χ0v) is 18.4. The van der Waals surface area contributed by atoms with Crippen LogP contribution < -0.4 is 0 Å². The number of unbranched alkanes of at least 4 members (excludes halogenated alkanes) is 1. The molecule has 0 unspecified atom stereocenters. The van der Waals surface area contributed by atoms with Gasteiger partial charge in [0, 0.05) is 38.6 Å². The van der Waals surface area contributed by atoms with Crippen LogP contribution in [0.4, 0.5) is 4.79 Å². The van der Waals surface area contributed by atoms with Gasteiger partial charge in [-0.25, -0.2) is 4.79 Å². The molecule has 0 aliphatic heterocycles. The van der Waals surface area contributed by atoms with Crippen LogP contribution in [-0.4, -0.2) is 58.1 Å². The number of hydrogen-bond acceptors (Lipinski definition) is 2. The lowest BCUT2D eigenvalue weighted by Gasteiger charge is -2.22. The van der Waals surface area contributed by atoms with Gasteiger partial charge in [0.25, 0.3) is 5.91 Å². The number of para-hydroxylation sites is 1. The van der Waals surface area contributed by atoms with Gasteiger partial charge in [0.1, 0.15) is 5.69 Å². The molecular formula is C23H32N4O2. The van der Waals surface area contributed by atoms with Crippen LogP contribution in [0.2, 0.25) is 0 Å². The minimum atomic E-state index is -0.207. The molecule has 0 bridgehead atoms. The maximum absolute atomic E-state index is 13.4. The topological polar surface area (TPSA) is 50.5 Å². The number of hydrogen-bond donors (Lipinski definition) is 0. The second-order valence-corrected chi connectivity index (χ2v) is 8.00. The average Bonchev–Trinajstić information content (AvgIpc) is 3.22. The molecule has 6 heteroatoms. The first-order chi connectivity index (χ1) is 13.8. The first-order valence-corrected chi connectivity index (χ1v) is 10.5. The van der Waals surface area contributed by atoms with Gasteiger partial charge in [-0.3, -0.25) is 9.36 Å². The van der Waals surface area contributed by atoms with Crippen LogP contribution in [0.1, 0.15) is 57.1 Å². The van der Waals surface area contributed by atoms with E-state index in [0.717, 1.165) is 34.8 Å². The first kappa shape index (κ1) is 21.0. The number of carbonyl (C=O) groups is 2. The zero-order chi connectivity index (χ0) is 21.3. The fraction of sp³-hybridized carbons (Fsp3) is 0.478. The molecule has 0 N–H and O–H groups in total. The van der Waals surface area contributed by atoms with Gasteiger partial charge in [0.2, 0.25) is 0 Å². The Morgan fingerprint density at radius 1 is 1.07 bits per heavy atom. The number of benzene rings is 1. The third-order valence-electron chi connectivity index (χ3n) is 5.42. The van der Waals surface area contributed by atoms with Crippen molar-refractivity contribution < 1.29 is 9.59 Å². The molecule has 0 fully saturated rings. The van der Waals surface area contributed by atoms with E-state index in [1.54, 1.807) is 18.7 Å². The van der Waals surface area contributed by atoms with Crippen LogP contribution in [-0.2, 0) is 0 Å². The highest BCUT2D eigenvalue weighted by atomic mass is 16.2. The van der Waals surface area contributed by atoms with E-state index in [2.05, 4.69) is 31.4 Å². The SMILES string of the molecule is CCCCN(CC)C(=O)c1cc2c(c3ccccc3n2C(C)C)n1C(=O)N(C)C. The molecule has 2 amide bonds. The lowest BCUT2D eigenvalue weighted by atomic mass is 10.2. The van der Waals surface area contributed by atoms with Crippen molar-refractivity contribution in [1.29, 1.82) is 0 Å². The lowest BCUT2D eigenvalue weighted by Crippen LogP contribution is -2.36. The van der Waals surface area contributed by atoms with E-state index < -0.39 is 0 Å². The van der Waals surface area contributed by atoms with Gasteiger partial charge < -0.3 is 14.4 Å². The Bertz CT molecular complexity index is 1040. The van der Waals surface area contributed by atoms with Crippen LogP contribution in [0.15, 0.2) is 30.3 Å². The van der Waals surface area contributed by atoms with Crippen LogP contribution in [0.25, 0.3) is 21.9 Å². The van der Waals surface area contributed by atoms with E-state index in [1.807, 2.05) is 36.1 Å². The largest absolute Gasteiger partial charge is 0.338 e. The van der Waals surface area contributed by atoms with E-state index in [9.17, 15) is 9.59 Å². The third-order valence-corrected chi connectivity index (χ3v) is 5.42. The minimum absolute atomic E-state index is 0.0910. The van der Waals surface area contributed by atoms with Crippen molar-refractivity contribution in [2.45, 2.75) is 46.6 Å². The average molecular weight is 397 g/mol. The number of rotatable bonds is 6. The molecule has 156 valence electrons. The molecule has 0 spiro atoms. The van der Waals surface area contributed by atoms with Gasteiger partial charge in [-0.2, -0.15) is 0 Å². The van der Waals surface area contributed by atoms with Crippen LogP contribution in [0.5, 0.6) is 0 Å². The predicted octanol–water partition coefficient (Wildman–Crippen LogP) is 4.97. The number of amides is 2. The van der Waals surface area contributed by atoms with Crippen molar-refractivity contribution in [3.8, 4) is 0 Å². The second-order valence-electron chi connectivity index (χ2n) is 8.00. The molecule has 0 radical (unpaired) electrons. The van der Waals surface area contributed by atoms with Gasteiger partial charge in [-0.15, -0.1) is 0 Å². The first-order valence-electron chi connectivity index (χ1n) is 10.5. The summed E-state index contributed by atoms with van der Waals surface area (Å²) in [7, 11) is 3.44. The monoisotopic (exact) mass is 396 g/mol. The maximum atomic E-state index is 13.4. The Balaban J connectivity index is 2.33. The van der Waals surface area contributed by atoms with Crippen LogP contribution in [0.3, 0.4) is 0 Å². The van der Waals surface area contributed by atoms with Crippen LogP contribution in [0, 0.1) is 0 Å². The van der Waals surface area contributed by atoms with E-state index in [0.29, 0.717) is 18.8 Å². The summed E-state index contributed by atoms with van der Waals surface area (Å²) in [6.07, 6.45) is 1.97. The third kappa shape index (κ3) is 3.52. The summed E-state index contributed by atoms with van der Waals surface area (Å²) in [5, 5.41) is 0.988. The molecule has 0 aliphatic rings. The zero-order valence-electron chi connectivity index (χ0n) is 18.4. The molecule has 1 aromatic carbocycles. The highest BCUT2D eigenvalue weighted by Crippen LogP contribution is 2.34. The molecule has 29 heavy (non-hydrogen) atoms. The van der Waals surface area contributed by atoms with Gasteiger partial charge >= 0.3 is 6.03 Å². The molecule has 2 aromatic heterocycles. The molecule has 0 atom stereocenters. The Morgan fingerprint density at radius 2 is 1.76 bits per heavy atom. The Hall–Kier alpha value is -2.76. The molecular weight excluding hydrogens is 364 g/mol. The Kier molecular flexibility index (Phi) is 6.01. The maximum Gasteiger partial charge on any atom is 0.328 e. The highest BCUT2D eigenvalue weighted by molar-refractivity contribution is 6.14. The minimum Gasteiger partial charge on any atom is -0.338 e. The standard InChI is InChI=1S/C23H32N4O2/c1-7-9-14-25(8-2)22(28)20-15-19-21(27(20)23(29)24(5)6)17-12-10-11-13-18(17)26(19)16(3)4/h10-13,15-16H,7-9,14H2,1-6H3. The number of carbonyl (C=O) groups excluding carboxylic acids is 2. The molecule has 0 aliphatic carbocycles. The van der Waals surface area contributed by atoms with Gasteiger partial charge in [0.05, 0.1) is 16.6 Å². The second kappa shape index (κ2) is 8.31. The summed E-state index contributed by atoms with van der Waals surface area (Å²) >= 11 is 0. The Morgan fingerprint density at radius 3 is 2.34 bits per heavy atom. The highest BCUT2D eigenvalue weighted by Gasteiger charge is 2.28. The fourth-order valence-electron chi connectivity index (χ4n) is 3.98. The Labute approximate surface area is 172 Å². The summed E-state index contributed by atoms with van der Waals surface area (Å²) in [6, 6.07) is 9.97.